The minimum atomic E-state index is -0.753. The van der Waals surface area contributed by atoms with Gasteiger partial charge in [0.25, 0.3) is 0 Å². The van der Waals surface area contributed by atoms with Crippen molar-refractivity contribution in [3.8, 4) is 33.4 Å². The second-order valence-corrected chi connectivity index (χ2v) is 22.4. The molecule has 0 spiro atoms. The second-order valence-electron chi connectivity index (χ2n) is 22.1. The summed E-state index contributed by atoms with van der Waals surface area (Å²) < 4.78 is 27.8. The Morgan fingerprint density at radius 1 is 0.400 bits per heavy atom. The predicted molar refractivity (Wildman–Crippen MR) is 311 cm³/mol. The maximum Gasteiger partial charge on any atom is 0.409 e. The molecule has 4 amide bonds. The molecule has 2 N–H and O–H groups in total. The Hall–Kier alpha value is -7.84. The number of unbranched alkanes of at least 4 members (excludes halogenated alkanes) is 1. The topological polar surface area (TPSA) is 162 Å². The molecule has 15 heteroatoms. The molecular formula is C65H73ClN4O10. The molecule has 80 heavy (non-hydrogen) atoms. The Bertz CT molecular complexity index is 2840. The molecule has 14 nitrogen and oxygen atoms in total. The number of nitrogens with zero attached hydrogens (tertiary/aromatic N) is 2. The second kappa shape index (κ2) is 26.9. The third-order valence-electron chi connectivity index (χ3n) is 14.2. The lowest BCUT2D eigenvalue weighted by Crippen LogP contribution is -2.38. The van der Waals surface area contributed by atoms with E-state index in [4.69, 9.17) is 35.3 Å². The minimum Gasteiger partial charge on any atom is -0.453 e. The van der Waals surface area contributed by atoms with Crippen LogP contribution in [0.1, 0.15) is 118 Å². The van der Waals surface area contributed by atoms with Gasteiger partial charge < -0.3 is 44.1 Å². The molecule has 6 aromatic rings. The summed E-state index contributed by atoms with van der Waals surface area (Å²) in [6, 6.07) is 49.2. The highest BCUT2D eigenvalue weighted by molar-refractivity contribution is 6.61. The highest BCUT2D eigenvalue weighted by Gasteiger charge is 2.33. The number of carbonyl (C=O) groups is 5. The first-order valence-corrected chi connectivity index (χ1v) is 28.0. The van der Waals surface area contributed by atoms with Crippen molar-refractivity contribution >= 4 is 41.4 Å². The van der Waals surface area contributed by atoms with E-state index in [1.54, 1.807) is 51.3 Å². The summed E-state index contributed by atoms with van der Waals surface area (Å²) in [6.45, 7) is 13.6. The molecule has 420 valence electrons. The Morgan fingerprint density at radius 3 is 0.912 bits per heavy atom. The van der Waals surface area contributed by atoms with E-state index in [9.17, 15) is 24.0 Å². The third-order valence-corrected chi connectivity index (χ3v) is 14.3. The van der Waals surface area contributed by atoms with E-state index in [1.807, 2.05) is 72.8 Å². The molecule has 3 aliphatic rings. The Kier molecular flexibility index (Phi) is 19.6. The van der Waals surface area contributed by atoms with Gasteiger partial charge in [-0.3, -0.25) is 0 Å². The number of ether oxygens (including phenoxy) is 5. The molecule has 0 saturated carbocycles. The van der Waals surface area contributed by atoms with Crippen LogP contribution in [0.2, 0.25) is 0 Å². The number of rotatable bonds is 19. The zero-order chi connectivity index (χ0) is 56.8. The number of amides is 4. The molecular weight excluding hydrogens is 1030 g/mol. The summed E-state index contributed by atoms with van der Waals surface area (Å²) in [7, 11) is 0. The fraction of sp³-hybridized carbons (Fsp3) is 0.369. The monoisotopic (exact) mass is 1100 g/mol. The number of halogens is 1. The number of fused-ring (bicyclic) bond motifs is 9. The number of hydrogen-bond acceptors (Lipinski definition) is 10. The van der Waals surface area contributed by atoms with E-state index in [2.05, 4.69) is 83.4 Å². The number of nitrogens with one attached hydrogen (secondary N) is 2. The Balaban J connectivity index is 0.000000391. The maximum absolute atomic E-state index is 13.8. The lowest BCUT2D eigenvalue weighted by Gasteiger charge is -2.26. The minimum absolute atomic E-state index is 0.0834. The van der Waals surface area contributed by atoms with Crippen LogP contribution >= 0.6 is 11.6 Å². The van der Waals surface area contributed by atoms with Gasteiger partial charge in [0, 0.05) is 68.6 Å². The van der Waals surface area contributed by atoms with Gasteiger partial charge in [0.2, 0.25) is 0 Å². The van der Waals surface area contributed by atoms with Gasteiger partial charge in [0.05, 0.1) is 0 Å². The summed E-state index contributed by atoms with van der Waals surface area (Å²) >= 11 is 5.25. The van der Waals surface area contributed by atoms with Crippen LogP contribution in [0, 0.1) is 0 Å². The quantitative estimate of drug-likeness (QED) is 0.0454. The van der Waals surface area contributed by atoms with Gasteiger partial charge in [-0.05, 0) is 134 Å². The van der Waals surface area contributed by atoms with Crippen molar-refractivity contribution in [2.24, 2.45) is 0 Å². The molecule has 3 aliphatic carbocycles. The molecule has 0 aromatic heterocycles. The van der Waals surface area contributed by atoms with E-state index < -0.39 is 41.0 Å². The molecule has 6 aromatic carbocycles. The zero-order valence-electron chi connectivity index (χ0n) is 46.6. The van der Waals surface area contributed by atoms with Gasteiger partial charge >= 0.3 is 29.8 Å². The molecule has 0 fully saturated rings. The first kappa shape index (κ1) is 58.3. The van der Waals surface area contributed by atoms with Gasteiger partial charge in [-0.15, -0.1) is 0 Å². The standard InChI is InChI=1S/C50H62N4O8.C15H11ClO2/c1-49(2,3)61-45(55)51-27-17-31-53(47(57)59-33-43-39-23-11-7-19-35(39)36-20-8-12-24-40(36)43)29-15-16-30-54(32-18-28-52-46(56)62-50(4,5)6)48(58)60-34-44-41-25-13-9-21-37(41)38-22-10-14-26-42(38)44;16-15(17)18-9-14-12-7-3-1-5-10(12)11-6-2-4-8-13(11)14/h7-14,19-26,43-44H,15-18,27-34H2,1-6H3,(H,51,55)(H,52,56);1-8,14H,9H2. The molecule has 0 bridgehead atoms. The lowest BCUT2D eigenvalue weighted by atomic mass is 9.98. The van der Waals surface area contributed by atoms with Gasteiger partial charge in [-0.2, -0.15) is 0 Å². The predicted octanol–water partition coefficient (Wildman–Crippen LogP) is 14.3. The summed E-state index contributed by atoms with van der Waals surface area (Å²) in [5.41, 5.74) is 11.9. The largest absolute Gasteiger partial charge is 0.453 e. The van der Waals surface area contributed by atoms with E-state index in [-0.39, 0.29) is 37.6 Å². The van der Waals surface area contributed by atoms with Gasteiger partial charge in [-0.25, -0.2) is 24.0 Å². The van der Waals surface area contributed by atoms with Crippen molar-refractivity contribution in [1.29, 1.82) is 0 Å². The smallest absolute Gasteiger partial charge is 0.409 e. The molecule has 0 heterocycles. The van der Waals surface area contributed by atoms with Crippen molar-refractivity contribution in [2.75, 3.05) is 59.1 Å². The van der Waals surface area contributed by atoms with Gasteiger partial charge in [-0.1, -0.05) is 146 Å². The third kappa shape index (κ3) is 15.3. The van der Waals surface area contributed by atoms with Crippen LogP contribution in [-0.2, 0) is 23.7 Å². The molecule has 0 radical (unpaired) electrons. The SMILES string of the molecule is CC(C)(C)OC(=O)NCCCN(CCCCN(CCCNC(=O)OC(C)(C)C)C(=O)OCC1c2ccccc2-c2ccccc21)C(=O)OCC1c2ccccc2-c2ccccc21.O=C(Cl)OCC1c2ccccc2-c2ccccc21. The average Bonchev–Trinajstić information content (AvgIpc) is 4.18. The first-order valence-electron chi connectivity index (χ1n) is 27.6. The van der Waals surface area contributed by atoms with Crippen molar-refractivity contribution in [2.45, 2.75) is 96.2 Å². The highest BCUT2D eigenvalue weighted by atomic mass is 35.5. The zero-order valence-corrected chi connectivity index (χ0v) is 47.4. The number of alkyl carbamates (subject to hydrolysis) is 2. The van der Waals surface area contributed by atoms with Crippen LogP contribution in [0.15, 0.2) is 146 Å². The maximum atomic E-state index is 13.8. The molecule has 0 atom stereocenters. The van der Waals surface area contributed by atoms with Crippen LogP contribution in [0.4, 0.5) is 24.0 Å². The van der Waals surface area contributed by atoms with E-state index in [0.717, 1.165) is 44.5 Å². The normalized spacial score (nSPS) is 12.9. The van der Waals surface area contributed by atoms with E-state index in [0.29, 0.717) is 65.0 Å². The first-order chi connectivity index (χ1) is 38.5. The fourth-order valence-corrected chi connectivity index (χ4v) is 10.8. The Labute approximate surface area is 475 Å². The number of benzene rings is 6. The molecule has 0 unspecified atom stereocenters. The van der Waals surface area contributed by atoms with E-state index >= 15 is 0 Å². The summed E-state index contributed by atoms with van der Waals surface area (Å²) in [5, 5.41) is 5.56. The van der Waals surface area contributed by atoms with Gasteiger partial charge in [0.15, 0.2) is 0 Å². The molecule has 0 saturated heterocycles. The summed E-state index contributed by atoms with van der Waals surface area (Å²) in [5.74, 6) is -0.0877. The molecule has 0 aliphatic heterocycles. The van der Waals surface area contributed by atoms with Crippen LogP contribution in [0.25, 0.3) is 33.4 Å². The average molecular weight is 1110 g/mol. The molecule has 9 rings (SSSR count). The van der Waals surface area contributed by atoms with Crippen LogP contribution < -0.4 is 10.6 Å². The van der Waals surface area contributed by atoms with Crippen molar-refractivity contribution in [1.82, 2.24) is 20.4 Å². The van der Waals surface area contributed by atoms with Crippen molar-refractivity contribution in [3.05, 3.63) is 179 Å². The van der Waals surface area contributed by atoms with Crippen molar-refractivity contribution in [3.63, 3.8) is 0 Å². The highest BCUT2D eigenvalue weighted by Crippen LogP contribution is 2.47. The van der Waals surface area contributed by atoms with Crippen LogP contribution in [-0.4, -0.2) is 110 Å². The number of hydrogen-bond donors (Lipinski definition) is 2. The van der Waals surface area contributed by atoms with E-state index in [1.165, 1.54) is 22.3 Å². The fourth-order valence-electron chi connectivity index (χ4n) is 10.7. The number of carbonyl (C=O) groups excluding carboxylic acids is 5. The van der Waals surface area contributed by atoms with Crippen LogP contribution in [0.3, 0.4) is 0 Å². The lowest BCUT2D eigenvalue weighted by molar-refractivity contribution is 0.0512. The summed E-state index contributed by atoms with van der Waals surface area (Å²) in [6.07, 6.45) is 0.219. The Morgan fingerprint density at radius 2 is 0.650 bits per heavy atom. The van der Waals surface area contributed by atoms with Gasteiger partial charge in [0.1, 0.15) is 31.0 Å². The summed E-state index contributed by atoms with van der Waals surface area (Å²) in [4.78, 5) is 66.4. The van der Waals surface area contributed by atoms with Crippen LogP contribution in [0.5, 0.6) is 0 Å². The van der Waals surface area contributed by atoms with Crippen molar-refractivity contribution < 1.29 is 47.7 Å².